The van der Waals surface area contributed by atoms with Gasteiger partial charge in [-0.25, -0.2) is 0 Å². The molecule has 0 saturated carbocycles. The van der Waals surface area contributed by atoms with Crippen molar-refractivity contribution in [3.63, 3.8) is 0 Å². The Balaban J connectivity index is 1.92. The molecule has 2 N–H and O–H groups in total. The molecule has 0 amide bonds. The average molecular weight is 314 g/mol. The van der Waals surface area contributed by atoms with E-state index in [2.05, 4.69) is 30.3 Å². The van der Waals surface area contributed by atoms with Gasteiger partial charge in [-0.15, -0.1) is 0 Å². The van der Waals surface area contributed by atoms with Gasteiger partial charge in [-0.05, 0) is 39.4 Å². The van der Waals surface area contributed by atoms with E-state index in [1.165, 1.54) is 10.8 Å². The molecule has 0 atom stereocenters. The molecule has 0 saturated heterocycles. The summed E-state index contributed by atoms with van der Waals surface area (Å²) in [5, 5.41) is 22.4. The molecule has 0 aliphatic carbocycles. The van der Waals surface area contributed by atoms with Crippen LogP contribution < -0.4 is 4.65 Å². The third kappa shape index (κ3) is 2.62. The standard InChI is InChI=1S/C20H15BO3/c22-21(23)24-20-12-11-17(18-7-3-4-8-19(18)20)16-10-9-14-5-1-2-6-15(14)13-16/h1-13,22-23H. The van der Waals surface area contributed by atoms with Gasteiger partial charge in [0.2, 0.25) is 0 Å². The average Bonchev–Trinajstić information content (AvgIpc) is 2.61. The third-order valence-electron chi connectivity index (χ3n) is 4.18. The topological polar surface area (TPSA) is 49.7 Å². The van der Waals surface area contributed by atoms with Gasteiger partial charge < -0.3 is 14.7 Å². The van der Waals surface area contributed by atoms with Gasteiger partial charge >= 0.3 is 7.32 Å². The minimum Gasteiger partial charge on any atom is -0.512 e. The Labute approximate surface area is 139 Å². The van der Waals surface area contributed by atoms with E-state index in [1.807, 2.05) is 42.5 Å². The van der Waals surface area contributed by atoms with Crippen molar-refractivity contribution in [2.45, 2.75) is 0 Å². The first-order valence-electron chi connectivity index (χ1n) is 7.76. The lowest BCUT2D eigenvalue weighted by Gasteiger charge is -2.13. The molecular formula is C20H15BO3. The van der Waals surface area contributed by atoms with Crippen LogP contribution in [0.3, 0.4) is 0 Å². The summed E-state index contributed by atoms with van der Waals surface area (Å²) < 4.78 is 5.10. The van der Waals surface area contributed by atoms with Crippen LogP contribution in [0.2, 0.25) is 0 Å². The molecule has 4 aromatic carbocycles. The molecule has 0 fully saturated rings. The number of benzene rings is 4. The summed E-state index contributed by atoms with van der Waals surface area (Å²) in [4.78, 5) is 0. The molecule has 3 nitrogen and oxygen atoms in total. The largest absolute Gasteiger partial charge is 0.707 e. The van der Waals surface area contributed by atoms with Crippen molar-refractivity contribution in [1.29, 1.82) is 0 Å². The van der Waals surface area contributed by atoms with Crippen molar-refractivity contribution < 1.29 is 14.7 Å². The van der Waals surface area contributed by atoms with Crippen LogP contribution in [0.5, 0.6) is 5.75 Å². The monoisotopic (exact) mass is 314 g/mol. The van der Waals surface area contributed by atoms with E-state index in [4.69, 9.17) is 14.7 Å². The second-order valence-corrected chi connectivity index (χ2v) is 5.66. The minimum absolute atomic E-state index is 0.449. The Morgan fingerprint density at radius 3 is 2.17 bits per heavy atom. The normalized spacial score (nSPS) is 10.9. The Morgan fingerprint density at radius 1 is 0.667 bits per heavy atom. The quantitative estimate of drug-likeness (QED) is 0.562. The molecule has 0 bridgehead atoms. The fourth-order valence-corrected chi connectivity index (χ4v) is 3.10. The van der Waals surface area contributed by atoms with Crippen LogP contribution in [0.15, 0.2) is 78.9 Å². The van der Waals surface area contributed by atoms with Gasteiger partial charge in [0.05, 0.1) is 0 Å². The van der Waals surface area contributed by atoms with E-state index in [0.717, 1.165) is 21.9 Å². The summed E-state index contributed by atoms with van der Waals surface area (Å²) in [7, 11) is -1.83. The van der Waals surface area contributed by atoms with Gasteiger partial charge in [0.1, 0.15) is 5.75 Å². The second kappa shape index (κ2) is 6.00. The summed E-state index contributed by atoms with van der Waals surface area (Å²) in [6, 6.07) is 26.1. The lowest BCUT2D eigenvalue weighted by molar-refractivity contribution is 0.289. The second-order valence-electron chi connectivity index (χ2n) is 5.66. The summed E-state index contributed by atoms with van der Waals surface area (Å²) in [5.74, 6) is 0.449. The molecule has 24 heavy (non-hydrogen) atoms. The van der Waals surface area contributed by atoms with Crippen molar-refractivity contribution in [2.24, 2.45) is 0 Å². The maximum absolute atomic E-state index is 9.10. The fourth-order valence-electron chi connectivity index (χ4n) is 3.10. The smallest absolute Gasteiger partial charge is 0.512 e. The zero-order valence-corrected chi connectivity index (χ0v) is 12.9. The van der Waals surface area contributed by atoms with Gasteiger partial charge in [-0.1, -0.05) is 66.7 Å². The van der Waals surface area contributed by atoms with Crippen LogP contribution in [0.1, 0.15) is 0 Å². The summed E-state index contributed by atoms with van der Waals surface area (Å²) in [5.41, 5.74) is 2.19. The highest BCUT2D eigenvalue weighted by atomic mass is 16.6. The molecule has 0 aliphatic rings. The highest BCUT2D eigenvalue weighted by Gasteiger charge is 2.15. The molecule has 4 rings (SSSR count). The van der Waals surface area contributed by atoms with Crippen molar-refractivity contribution in [1.82, 2.24) is 0 Å². The van der Waals surface area contributed by atoms with Crippen LogP contribution in [0.25, 0.3) is 32.7 Å². The molecule has 0 unspecified atom stereocenters. The van der Waals surface area contributed by atoms with E-state index in [9.17, 15) is 0 Å². The molecule has 4 aromatic rings. The first kappa shape index (κ1) is 14.8. The maximum Gasteiger partial charge on any atom is 0.707 e. The highest BCUT2D eigenvalue weighted by molar-refractivity contribution is 6.34. The molecule has 0 heterocycles. The van der Waals surface area contributed by atoms with Crippen LogP contribution in [0, 0.1) is 0 Å². The van der Waals surface area contributed by atoms with Crippen molar-refractivity contribution in [3.05, 3.63) is 78.9 Å². The Kier molecular flexibility index (Phi) is 3.69. The van der Waals surface area contributed by atoms with Crippen molar-refractivity contribution in [3.8, 4) is 16.9 Å². The Morgan fingerprint density at radius 2 is 1.38 bits per heavy atom. The van der Waals surface area contributed by atoms with Crippen LogP contribution in [0.4, 0.5) is 0 Å². The lowest BCUT2D eigenvalue weighted by atomic mass is 9.95. The first-order valence-corrected chi connectivity index (χ1v) is 7.76. The van der Waals surface area contributed by atoms with E-state index < -0.39 is 7.32 Å². The number of rotatable bonds is 3. The van der Waals surface area contributed by atoms with Gasteiger partial charge in [-0.3, -0.25) is 0 Å². The van der Waals surface area contributed by atoms with Gasteiger partial charge in [0, 0.05) is 5.39 Å². The Hall–Kier alpha value is -2.82. The van der Waals surface area contributed by atoms with Gasteiger partial charge in [-0.2, -0.15) is 0 Å². The molecule has 4 heteroatoms. The zero-order valence-electron chi connectivity index (χ0n) is 12.9. The lowest BCUT2D eigenvalue weighted by Crippen LogP contribution is -2.20. The molecule has 0 spiro atoms. The SMILES string of the molecule is OB(O)Oc1ccc(-c2ccc3ccccc3c2)c2ccccc12. The summed E-state index contributed by atoms with van der Waals surface area (Å²) >= 11 is 0. The van der Waals surface area contributed by atoms with Crippen molar-refractivity contribution >= 4 is 28.9 Å². The number of fused-ring (bicyclic) bond motifs is 2. The molecule has 0 aliphatic heterocycles. The van der Waals surface area contributed by atoms with E-state index in [0.29, 0.717) is 5.75 Å². The van der Waals surface area contributed by atoms with E-state index >= 15 is 0 Å². The number of hydrogen-bond donors (Lipinski definition) is 2. The maximum atomic E-state index is 9.10. The van der Waals surface area contributed by atoms with E-state index in [1.54, 1.807) is 6.07 Å². The molecule has 0 radical (unpaired) electrons. The Bertz CT molecular complexity index is 1030. The highest BCUT2D eigenvalue weighted by Crippen LogP contribution is 2.35. The van der Waals surface area contributed by atoms with Gasteiger partial charge in [0.25, 0.3) is 0 Å². The van der Waals surface area contributed by atoms with Crippen LogP contribution in [-0.2, 0) is 0 Å². The third-order valence-corrected chi connectivity index (χ3v) is 4.18. The van der Waals surface area contributed by atoms with E-state index in [-0.39, 0.29) is 0 Å². The first-order chi connectivity index (χ1) is 11.7. The molecule has 0 aromatic heterocycles. The zero-order chi connectivity index (χ0) is 16.5. The van der Waals surface area contributed by atoms with Crippen LogP contribution in [-0.4, -0.2) is 17.4 Å². The van der Waals surface area contributed by atoms with Crippen molar-refractivity contribution in [2.75, 3.05) is 0 Å². The summed E-state index contributed by atoms with van der Waals surface area (Å²) in [6.07, 6.45) is 0. The van der Waals surface area contributed by atoms with Gasteiger partial charge in [0.15, 0.2) is 0 Å². The minimum atomic E-state index is -1.83. The molecular weight excluding hydrogens is 299 g/mol. The predicted molar refractivity (Wildman–Crippen MR) is 97.7 cm³/mol. The summed E-state index contributed by atoms with van der Waals surface area (Å²) in [6.45, 7) is 0. The van der Waals surface area contributed by atoms with Crippen LogP contribution >= 0.6 is 0 Å². The number of hydrogen-bond acceptors (Lipinski definition) is 3. The fraction of sp³-hybridized carbons (Fsp3) is 0. The predicted octanol–water partition coefficient (Wildman–Crippen LogP) is 4.01. The molecule has 116 valence electrons.